The summed E-state index contributed by atoms with van der Waals surface area (Å²) in [7, 11) is 0. The van der Waals surface area contributed by atoms with E-state index in [2.05, 4.69) is 26.2 Å². The first-order valence-electron chi connectivity index (χ1n) is 5.95. The van der Waals surface area contributed by atoms with E-state index in [-0.39, 0.29) is 0 Å². The summed E-state index contributed by atoms with van der Waals surface area (Å²) in [5.74, 6) is 0.634. The van der Waals surface area contributed by atoms with Gasteiger partial charge in [-0.2, -0.15) is 0 Å². The molecule has 0 spiro atoms. The predicted molar refractivity (Wildman–Crippen MR) is 81.9 cm³/mol. The maximum absolute atomic E-state index is 6.16. The number of pyridine rings is 1. The molecule has 0 saturated carbocycles. The van der Waals surface area contributed by atoms with Gasteiger partial charge in [-0.1, -0.05) is 33.6 Å². The molecule has 0 fully saturated rings. The third-order valence-corrected chi connectivity index (χ3v) is 3.37. The Morgan fingerprint density at radius 3 is 2.79 bits per heavy atom. The van der Waals surface area contributed by atoms with Crippen molar-refractivity contribution in [3.63, 3.8) is 0 Å². The number of benzene rings is 1. The SMILES string of the molecule is CCOc1ccc(NCc2ccc(Br)cc2Cl)cn1. The van der Waals surface area contributed by atoms with Gasteiger partial charge in [0.15, 0.2) is 0 Å². The van der Waals surface area contributed by atoms with Crippen molar-refractivity contribution in [2.45, 2.75) is 13.5 Å². The van der Waals surface area contributed by atoms with Crippen molar-refractivity contribution >= 4 is 33.2 Å². The van der Waals surface area contributed by atoms with Gasteiger partial charge in [0, 0.05) is 22.1 Å². The fourth-order valence-corrected chi connectivity index (χ4v) is 2.32. The van der Waals surface area contributed by atoms with Crippen molar-refractivity contribution < 1.29 is 4.74 Å². The van der Waals surface area contributed by atoms with Crippen molar-refractivity contribution in [2.24, 2.45) is 0 Å². The maximum atomic E-state index is 6.16. The Hall–Kier alpha value is -1.26. The lowest BCUT2D eigenvalue weighted by molar-refractivity contribution is 0.327. The molecule has 1 N–H and O–H groups in total. The van der Waals surface area contributed by atoms with Crippen LogP contribution in [-0.2, 0) is 6.54 Å². The van der Waals surface area contributed by atoms with Crippen molar-refractivity contribution in [3.05, 3.63) is 51.6 Å². The number of ether oxygens (including phenoxy) is 1. The van der Waals surface area contributed by atoms with E-state index in [1.807, 2.05) is 37.3 Å². The summed E-state index contributed by atoms with van der Waals surface area (Å²) in [5, 5.41) is 4.01. The number of nitrogens with one attached hydrogen (secondary N) is 1. The van der Waals surface area contributed by atoms with Crippen LogP contribution >= 0.6 is 27.5 Å². The highest BCUT2D eigenvalue weighted by molar-refractivity contribution is 9.10. The highest BCUT2D eigenvalue weighted by Gasteiger charge is 2.01. The highest BCUT2D eigenvalue weighted by Crippen LogP contribution is 2.22. The lowest BCUT2D eigenvalue weighted by atomic mass is 10.2. The van der Waals surface area contributed by atoms with Gasteiger partial charge in [-0.3, -0.25) is 0 Å². The lowest BCUT2D eigenvalue weighted by Crippen LogP contribution is -2.01. The monoisotopic (exact) mass is 340 g/mol. The number of aromatic nitrogens is 1. The second kappa shape index (κ2) is 6.78. The smallest absolute Gasteiger partial charge is 0.213 e. The van der Waals surface area contributed by atoms with Crippen LogP contribution < -0.4 is 10.1 Å². The Bertz CT molecular complexity index is 546. The minimum absolute atomic E-state index is 0.619. The van der Waals surface area contributed by atoms with Crippen molar-refractivity contribution in [3.8, 4) is 5.88 Å². The van der Waals surface area contributed by atoms with Gasteiger partial charge in [0.1, 0.15) is 0 Å². The Labute approximate surface area is 126 Å². The van der Waals surface area contributed by atoms with E-state index in [9.17, 15) is 0 Å². The fourth-order valence-electron chi connectivity index (χ4n) is 1.58. The number of rotatable bonds is 5. The number of anilines is 1. The van der Waals surface area contributed by atoms with Gasteiger partial charge in [0.25, 0.3) is 0 Å². The fraction of sp³-hybridized carbons (Fsp3) is 0.214. The summed E-state index contributed by atoms with van der Waals surface area (Å²) in [4.78, 5) is 4.19. The van der Waals surface area contributed by atoms with E-state index < -0.39 is 0 Å². The summed E-state index contributed by atoms with van der Waals surface area (Å²) in [6, 6.07) is 9.62. The number of halogens is 2. The van der Waals surface area contributed by atoms with E-state index >= 15 is 0 Å². The average Bonchev–Trinajstić information content (AvgIpc) is 2.40. The number of hydrogen-bond donors (Lipinski definition) is 1. The van der Waals surface area contributed by atoms with Gasteiger partial charge in [0.05, 0.1) is 18.5 Å². The van der Waals surface area contributed by atoms with E-state index in [0.29, 0.717) is 19.0 Å². The van der Waals surface area contributed by atoms with Crippen LogP contribution in [-0.4, -0.2) is 11.6 Å². The maximum Gasteiger partial charge on any atom is 0.213 e. The summed E-state index contributed by atoms with van der Waals surface area (Å²) in [5.41, 5.74) is 1.97. The quantitative estimate of drug-likeness (QED) is 0.869. The molecule has 0 saturated heterocycles. The summed E-state index contributed by atoms with van der Waals surface area (Å²) in [6.07, 6.45) is 1.75. The Morgan fingerprint density at radius 2 is 2.16 bits per heavy atom. The first kappa shape index (κ1) is 14.2. The average molecular weight is 342 g/mol. The molecule has 2 rings (SSSR count). The van der Waals surface area contributed by atoms with Crippen LogP contribution in [0.3, 0.4) is 0 Å². The molecule has 3 nitrogen and oxygen atoms in total. The molecule has 0 aliphatic carbocycles. The molecule has 0 atom stereocenters. The van der Waals surface area contributed by atoms with Crippen molar-refractivity contribution in [2.75, 3.05) is 11.9 Å². The van der Waals surface area contributed by atoms with Gasteiger partial charge < -0.3 is 10.1 Å². The molecule has 0 bridgehead atoms. The molecule has 5 heteroatoms. The van der Waals surface area contributed by atoms with Gasteiger partial charge in [-0.05, 0) is 30.7 Å². The van der Waals surface area contributed by atoms with Crippen LogP contribution in [0.2, 0.25) is 5.02 Å². The Kier molecular flexibility index (Phi) is 5.05. The van der Waals surface area contributed by atoms with Crippen LogP contribution in [0.15, 0.2) is 41.0 Å². The van der Waals surface area contributed by atoms with E-state index in [1.54, 1.807) is 6.20 Å². The van der Waals surface area contributed by atoms with Crippen LogP contribution in [0, 0.1) is 0 Å². The summed E-state index contributed by atoms with van der Waals surface area (Å²) in [6.45, 7) is 3.21. The predicted octanol–water partition coefficient (Wildman–Crippen LogP) is 4.51. The van der Waals surface area contributed by atoms with E-state index in [0.717, 1.165) is 20.7 Å². The molecule has 19 heavy (non-hydrogen) atoms. The number of nitrogens with zero attached hydrogens (tertiary/aromatic N) is 1. The molecule has 0 unspecified atom stereocenters. The molecule has 1 aromatic carbocycles. The zero-order valence-electron chi connectivity index (χ0n) is 10.5. The molecule has 0 aliphatic heterocycles. The Morgan fingerprint density at radius 1 is 1.32 bits per heavy atom. The van der Waals surface area contributed by atoms with Crippen molar-refractivity contribution in [1.82, 2.24) is 4.98 Å². The first-order chi connectivity index (χ1) is 9.19. The zero-order chi connectivity index (χ0) is 13.7. The van der Waals surface area contributed by atoms with Crippen LogP contribution in [0.5, 0.6) is 5.88 Å². The second-order valence-corrected chi connectivity index (χ2v) is 5.23. The van der Waals surface area contributed by atoms with E-state index in [4.69, 9.17) is 16.3 Å². The highest BCUT2D eigenvalue weighted by atomic mass is 79.9. The molecule has 1 heterocycles. The molecule has 1 aromatic heterocycles. The first-order valence-corrected chi connectivity index (χ1v) is 7.13. The molecular formula is C14H14BrClN2O. The van der Waals surface area contributed by atoms with Gasteiger partial charge in [-0.25, -0.2) is 4.98 Å². The van der Waals surface area contributed by atoms with Gasteiger partial charge >= 0.3 is 0 Å². The minimum atomic E-state index is 0.619. The summed E-state index contributed by atoms with van der Waals surface area (Å²) >= 11 is 9.54. The normalized spacial score (nSPS) is 10.3. The topological polar surface area (TPSA) is 34.1 Å². The third kappa shape index (κ3) is 4.11. The molecular weight excluding hydrogens is 328 g/mol. The summed E-state index contributed by atoms with van der Waals surface area (Å²) < 4.78 is 6.27. The second-order valence-electron chi connectivity index (χ2n) is 3.91. The number of hydrogen-bond acceptors (Lipinski definition) is 3. The zero-order valence-corrected chi connectivity index (χ0v) is 12.8. The minimum Gasteiger partial charge on any atom is -0.478 e. The van der Waals surface area contributed by atoms with E-state index in [1.165, 1.54) is 0 Å². The van der Waals surface area contributed by atoms with Crippen molar-refractivity contribution in [1.29, 1.82) is 0 Å². The molecule has 0 aliphatic rings. The molecule has 0 amide bonds. The Balaban J connectivity index is 1.98. The molecule has 100 valence electrons. The third-order valence-electron chi connectivity index (χ3n) is 2.53. The van der Waals surface area contributed by atoms with Crippen LogP contribution in [0.25, 0.3) is 0 Å². The van der Waals surface area contributed by atoms with Gasteiger partial charge in [0.2, 0.25) is 5.88 Å². The largest absolute Gasteiger partial charge is 0.478 e. The standard InChI is InChI=1S/C14H14BrClN2O/c1-2-19-14-6-5-12(9-18-14)17-8-10-3-4-11(15)7-13(10)16/h3-7,9,17H,2,8H2,1H3. The van der Waals surface area contributed by atoms with Crippen LogP contribution in [0.4, 0.5) is 5.69 Å². The molecule has 0 radical (unpaired) electrons. The van der Waals surface area contributed by atoms with Gasteiger partial charge in [-0.15, -0.1) is 0 Å². The van der Waals surface area contributed by atoms with Crippen LogP contribution in [0.1, 0.15) is 12.5 Å². The lowest BCUT2D eigenvalue weighted by Gasteiger charge is -2.09. The molecule has 2 aromatic rings.